The molecule has 0 saturated carbocycles. The van der Waals surface area contributed by atoms with E-state index in [2.05, 4.69) is 5.32 Å². The highest BCUT2D eigenvalue weighted by atomic mass is 32.2. The minimum atomic E-state index is -4.17. The number of sulfonamides is 1. The Morgan fingerprint density at radius 3 is 2.22 bits per heavy atom. The van der Waals surface area contributed by atoms with Crippen molar-refractivity contribution in [3.63, 3.8) is 0 Å². The number of hydrogen-bond acceptors (Lipinski definition) is 3. The molecule has 2 aromatic rings. The Morgan fingerprint density at radius 1 is 1.09 bits per heavy atom. The Kier molecular flexibility index (Phi) is 4.65. The third-order valence-corrected chi connectivity index (χ3v) is 4.37. The SMILES string of the molecule is CC(=O)Nc1ccc(S(=O)(=O)Nc2c(F)cccc2F)cc1C. The standard InChI is InChI=1S/C15H14F2N2O3S/c1-9-8-11(6-7-14(9)18-10(2)20)23(21,22)19-15-12(16)4-3-5-13(15)17/h3-8,19H,1-2H3,(H,18,20). The second-order valence-corrected chi connectivity index (χ2v) is 6.54. The number of halogens is 2. The summed E-state index contributed by atoms with van der Waals surface area (Å²) in [5.74, 6) is -2.32. The molecule has 0 saturated heterocycles. The number of rotatable bonds is 4. The molecule has 122 valence electrons. The first-order valence-corrected chi connectivity index (χ1v) is 8.04. The number of hydrogen-bond donors (Lipinski definition) is 2. The minimum absolute atomic E-state index is 0.174. The van der Waals surface area contributed by atoms with Crippen molar-refractivity contribution >= 4 is 27.3 Å². The lowest BCUT2D eigenvalue weighted by molar-refractivity contribution is -0.114. The molecule has 1 amide bonds. The van der Waals surface area contributed by atoms with Crippen LogP contribution in [0.25, 0.3) is 0 Å². The molecular formula is C15H14F2N2O3S. The monoisotopic (exact) mass is 340 g/mol. The third kappa shape index (κ3) is 3.84. The summed E-state index contributed by atoms with van der Waals surface area (Å²) in [6, 6.07) is 6.97. The van der Waals surface area contributed by atoms with E-state index in [9.17, 15) is 22.0 Å². The molecule has 0 fully saturated rings. The van der Waals surface area contributed by atoms with E-state index in [1.165, 1.54) is 25.1 Å². The predicted octanol–water partition coefficient (Wildman–Crippen LogP) is 3.03. The van der Waals surface area contributed by atoms with Gasteiger partial charge in [0.1, 0.15) is 17.3 Å². The van der Waals surface area contributed by atoms with E-state index < -0.39 is 27.3 Å². The van der Waals surface area contributed by atoms with Gasteiger partial charge in [-0.15, -0.1) is 0 Å². The van der Waals surface area contributed by atoms with Gasteiger partial charge in [-0.05, 0) is 42.8 Å². The van der Waals surface area contributed by atoms with Gasteiger partial charge in [-0.2, -0.15) is 0 Å². The highest BCUT2D eigenvalue weighted by Crippen LogP contribution is 2.24. The molecule has 0 atom stereocenters. The molecule has 0 radical (unpaired) electrons. The maximum atomic E-state index is 13.6. The van der Waals surface area contributed by atoms with Gasteiger partial charge >= 0.3 is 0 Å². The number of aryl methyl sites for hydroxylation is 1. The van der Waals surface area contributed by atoms with Gasteiger partial charge in [0.15, 0.2) is 0 Å². The zero-order valence-corrected chi connectivity index (χ0v) is 13.2. The number of para-hydroxylation sites is 1. The second-order valence-electron chi connectivity index (χ2n) is 4.86. The first-order valence-electron chi connectivity index (χ1n) is 6.56. The van der Waals surface area contributed by atoms with Crippen molar-refractivity contribution in [3.8, 4) is 0 Å². The Morgan fingerprint density at radius 2 is 1.70 bits per heavy atom. The average Bonchev–Trinajstić information content (AvgIpc) is 2.45. The van der Waals surface area contributed by atoms with Crippen molar-refractivity contribution in [2.45, 2.75) is 18.7 Å². The van der Waals surface area contributed by atoms with Crippen LogP contribution in [0.1, 0.15) is 12.5 Å². The van der Waals surface area contributed by atoms with Crippen LogP contribution in [0.5, 0.6) is 0 Å². The number of carbonyl (C=O) groups is 1. The zero-order valence-electron chi connectivity index (χ0n) is 12.4. The average molecular weight is 340 g/mol. The van der Waals surface area contributed by atoms with E-state index in [1.807, 2.05) is 4.72 Å². The minimum Gasteiger partial charge on any atom is -0.326 e. The topological polar surface area (TPSA) is 75.3 Å². The molecule has 0 aliphatic heterocycles. The molecule has 0 bridgehead atoms. The van der Waals surface area contributed by atoms with Crippen LogP contribution in [0.15, 0.2) is 41.3 Å². The lowest BCUT2D eigenvalue weighted by Gasteiger charge is -2.12. The summed E-state index contributed by atoms with van der Waals surface area (Å²) in [5, 5.41) is 2.55. The summed E-state index contributed by atoms with van der Waals surface area (Å²) < 4.78 is 53.6. The Labute approximate surface area is 132 Å². The van der Waals surface area contributed by atoms with E-state index in [-0.39, 0.29) is 10.8 Å². The zero-order chi connectivity index (χ0) is 17.2. The van der Waals surface area contributed by atoms with Crippen molar-refractivity contribution in [2.75, 3.05) is 10.0 Å². The summed E-state index contributed by atoms with van der Waals surface area (Å²) >= 11 is 0. The van der Waals surface area contributed by atoms with E-state index >= 15 is 0 Å². The van der Waals surface area contributed by atoms with E-state index in [4.69, 9.17) is 0 Å². The van der Waals surface area contributed by atoms with Crippen LogP contribution in [-0.2, 0) is 14.8 Å². The first kappa shape index (κ1) is 16.9. The van der Waals surface area contributed by atoms with E-state index in [0.29, 0.717) is 11.3 Å². The molecule has 8 heteroatoms. The highest BCUT2D eigenvalue weighted by molar-refractivity contribution is 7.92. The molecule has 0 unspecified atom stereocenters. The summed E-state index contributed by atoms with van der Waals surface area (Å²) in [6.07, 6.45) is 0. The molecule has 0 aliphatic rings. The van der Waals surface area contributed by atoms with Crippen LogP contribution < -0.4 is 10.0 Å². The summed E-state index contributed by atoms with van der Waals surface area (Å²) in [7, 11) is -4.17. The smallest absolute Gasteiger partial charge is 0.262 e. The van der Waals surface area contributed by atoms with Gasteiger partial charge in [0, 0.05) is 12.6 Å². The van der Waals surface area contributed by atoms with Gasteiger partial charge < -0.3 is 5.32 Å². The molecule has 2 rings (SSSR count). The fraction of sp³-hybridized carbons (Fsp3) is 0.133. The van der Waals surface area contributed by atoms with Crippen molar-refractivity contribution in [3.05, 3.63) is 53.6 Å². The maximum Gasteiger partial charge on any atom is 0.262 e. The molecule has 23 heavy (non-hydrogen) atoms. The number of amides is 1. The van der Waals surface area contributed by atoms with E-state index in [0.717, 1.165) is 18.2 Å². The lowest BCUT2D eigenvalue weighted by atomic mass is 10.2. The van der Waals surface area contributed by atoms with Crippen LogP contribution >= 0.6 is 0 Å². The summed E-state index contributed by atoms with van der Waals surface area (Å²) in [4.78, 5) is 10.9. The first-order chi connectivity index (χ1) is 10.7. The quantitative estimate of drug-likeness (QED) is 0.898. The van der Waals surface area contributed by atoms with E-state index in [1.54, 1.807) is 6.92 Å². The molecular weight excluding hydrogens is 326 g/mol. The van der Waals surface area contributed by atoms with Gasteiger partial charge in [-0.3, -0.25) is 9.52 Å². The number of benzene rings is 2. The summed E-state index contributed by atoms with van der Waals surface area (Å²) in [6.45, 7) is 2.93. The highest BCUT2D eigenvalue weighted by Gasteiger charge is 2.19. The Balaban J connectivity index is 2.37. The van der Waals surface area contributed by atoms with Crippen LogP contribution in [0, 0.1) is 18.6 Å². The maximum absolute atomic E-state index is 13.6. The van der Waals surface area contributed by atoms with Crippen LogP contribution in [0.3, 0.4) is 0 Å². The fourth-order valence-corrected chi connectivity index (χ4v) is 3.08. The molecule has 5 nitrogen and oxygen atoms in total. The molecule has 0 heterocycles. The van der Waals surface area contributed by atoms with Crippen LogP contribution in [-0.4, -0.2) is 14.3 Å². The fourth-order valence-electron chi connectivity index (χ4n) is 1.92. The van der Waals surface area contributed by atoms with Crippen molar-refractivity contribution in [1.82, 2.24) is 0 Å². The number of anilines is 2. The molecule has 0 aromatic heterocycles. The number of nitrogens with one attached hydrogen (secondary N) is 2. The van der Waals surface area contributed by atoms with Gasteiger partial charge in [0.25, 0.3) is 10.0 Å². The van der Waals surface area contributed by atoms with Crippen molar-refractivity contribution in [2.24, 2.45) is 0 Å². The van der Waals surface area contributed by atoms with Gasteiger partial charge in [0.2, 0.25) is 5.91 Å². The third-order valence-electron chi connectivity index (χ3n) is 3.02. The van der Waals surface area contributed by atoms with Gasteiger partial charge in [-0.1, -0.05) is 6.07 Å². The van der Waals surface area contributed by atoms with Gasteiger partial charge in [-0.25, -0.2) is 17.2 Å². The molecule has 2 aromatic carbocycles. The molecule has 0 spiro atoms. The molecule has 2 N–H and O–H groups in total. The lowest BCUT2D eigenvalue weighted by Crippen LogP contribution is -2.16. The normalized spacial score (nSPS) is 11.1. The molecule has 0 aliphatic carbocycles. The number of carbonyl (C=O) groups excluding carboxylic acids is 1. The van der Waals surface area contributed by atoms with Crippen LogP contribution in [0.4, 0.5) is 20.2 Å². The van der Waals surface area contributed by atoms with Crippen molar-refractivity contribution in [1.29, 1.82) is 0 Å². The summed E-state index contributed by atoms with van der Waals surface area (Å²) in [5.41, 5.74) is 0.210. The Bertz CT molecular complexity index is 847. The van der Waals surface area contributed by atoms with Gasteiger partial charge in [0.05, 0.1) is 4.90 Å². The Hall–Kier alpha value is -2.48. The predicted molar refractivity (Wildman–Crippen MR) is 82.6 cm³/mol. The van der Waals surface area contributed by atoms with Crippen LogP contribution in [0.2, 0.25) is 0 Å². The largest absolute Gasteiger partial charge is 0.326 e. The second kappa shape index (κ2) is 6.33. The van der Waals surface area contributed by atoms with Crippen molar-refractivity contribution < 1.29 is 22.0 Å².